The number of nitrogens with zero attached hydrogens (tertiary/aromatic N) is 4. The van der Waals surface area contributed by atoms with E-state index in [2.05, 4.69) is 15.4 Å². The molecular weight excluding hydrogens is 385 g/mol. The molecule has 1 aliphatic rings. The van der Waals surface area contributed by atoms with Crippen LogP contribution >= 0.6 is 0 Å². The van der Waals surface area contributed by atoms with Crippen LogP contribution in [0.15, 0.2) is 54.9 Å². The van der Waals surface area contributed by atoms with Crippen LogP contribution in [0.1, 0.15) is 28.5 Å². The summed E-state index contributed by atoms with van der Waals surface area (Å²) in [7, 11) is 1.63. The molecule has 0 radical (unpaired) electrons. The zero-order valence-corrected chi connectivity index (χ0v) is 16.7. The Hall–Kier alpha value is -3.55. The molecule has 0 saturated heterocycles. The fourth-order valence-electron chi connectivity index (χ4n) is 3.73. The molecule has 0 bridgehead atoms. The number of carbonyl (C=O) groups is 2. The topological polar surface area (TPSA) is 80.1 Å². The summed E-state index contributed by atoms with van der Waals surface area (Å²) >= 11 is 0. The van der Waals surface area contributed by atoms with Gasteiger partial charge >= 0.3 is 0 Å². The summed E-state index contributed by atoms with van der Waals surface area (Å²) in [4.78, 5) is 31.5. The van der Waals surface area contributed by atoms with Crippen molar-refractivity contribution >= 4 is 17.6 Å². The van der Waals surface area contributed by atoms with Gasteiger partial charge in [0.25, 0.3) is 11.8 Å². The monoisotopic (exact) mass is 407 g/mol. The molecule has 0 spiro atoms. The summed E-state index contributed by atoms with van der Waals surface area (Å²) in [6, 6.07) is 12.4. The number of benzene rings is 1. The van der Waals surface area contributed by atoms with Gasteiger partial charge in [-0.1, -0.05) is 43.3 Å². The molecule has 3 aromatic rings. The summed E-state index contributed by atoms with van der Waals surface area (Å²) < 4.78 is 15.8. The van der Waals surface area contributed by atoms with Gasteiger partial charge in [0, 0.05) is 13.2 Å². The van der Waals surface area contributed by atoms with E-state index >= 15 is 0 Å². The number of aromatic nitrogens is 3. The lowest BCUT2D eigenvalue weighted by Gasteiger charge is -2.24. The molecular formula is C22H22FN5O2. The van der Waals surface area contributed by atoms with Gasteiger partial charge in [-0.3, -0.25) is 19.2 Å². The number of amides is 2. The molecule has 8 heteroatoms. The van der Waals surface area contributed by atoms with E-state index in [4.69, 9.17) is 0 Å². The van der Waals surface area contributed by atoms with Crippen LogP contribution in [0.2, 0.25) is 0 Å². The molecule has 1 aliphatic heterocycles. The van der Waals surface area contributed by atoms with Gasteiger partial charge in [0.2, 0.25) is 0 Å². The molecule has 2 aromatic heterocycles. The number of hydrogen-bond acceptors (Lipinski definition) is 4. The fourth-order valence-corrected chi connectivity index (χ4v) is 3.73. The summed E-state index contributed by atoms with van der Waals surface area (Å²) in [6.07, 6.45) is 3.38. The Morgan fingerprint density at radius 1 is 1.23 bits per heavy atom. The third kappa shape index (κ3) is 3.80. The first-order valence-electron chi connectivity index (χ1n) is 9.73. The second-order valence-electron chi connectivity index (χ2n) is 7.52. The van der Waals surface area contributed by atoms with Crippen molar-refractivity contribution in [2.24, 2.45) is 5.92 Å². The predicted octanol–water partition coefficient (Wildman–Crippen LogP) is 2.42. The Morgan fingerprint density at radius 2 is 2.00 bits per heavy atom. The largest absolute Gasteiger partial charge is 0.338 e. The third-order valence-corrected chi connectivity index (χ3v) is 5.30. The Morgan fingerprint density at radius 3 is 2.77 bits per heavy atom. The number of likely N-dealkylation sites (N-methyl/N-ethyl adjacent to an activating group) is 1. The first kappa shape index (κ1) is 19.8. The number of anilines is 1. The summed E-state index contributed by atoms with van der Waals surface area (Å²) in [6.45, 7) is 2.22. The van der Waals surface area contributed by atoms with Gasteiger partial charge in [0.05, 0.1) is 12.7 Å². The van der Waals surface area contributed by atoms with Crippen molar-refractivity contribution < 1.29 is 14.0 Å². The molecule has 1 aromatic carbocycles. The Balaban J connectivity index is 1.53. The van der Waals surface area contributed by atoms with Crippen LogP contribution in [0.4, 0.5) is 10.2 Å². The Kier molecular flexibility index (Phi) is 5.31. The first-order chi connectivity index (χ1) is 14.4. The lowest BCUT2D eigenvalue weighted by molar-refractivity contribution is -0.121. The highest BCUT2D eigenvalue weighted by molar-refractivity contribution is 6.02. The van der Waals surface area contributed by atoms with E-state index in [9.17, 15) is 14.0 Å². The normalized spacial score (nSPS) is 18.6. The van der Waals surface area contributed by atoms with Crippen LogP contribution in [-0.4, -0.2) is 39.7 Å². The molecule has 3 heterocycles. The minimum atomic E-state index is -0.810. The van der Waals surface area contributed by atoms with Crippen LogP contribution in [0.25, 0.3) is 0 Å². The molecule has 4 rings (SSSR count). The average molecular weight is 407 g/mol. The Bertz CT molecular complexity index is 1080. The number of hydrogen-bond donors (Lipinski definition) is 1. The van der Waals surface area contributed by atoms with Gasteiger partial charge in [-0.05, 0) is 29.5 Å². The number of nitrogens with one attached hydrogen (secondary N) is 1. The lowest BCUT2D eigenvalue weighted by atomic mass is 9.95. The molecule has 7 nitrogen and oxygen atoms in total. The maximum atomic E-state index is 14.4. The molecule has 0 unspecified atom stereocenters. The third-order valence-electron chi connectivity index (χ3n) is 5.30. The zero-order valence-electron chi connectivity index (χ0n) is 16.7. The van der Waals surface area contributed by atoms with E-state index in [1.165, 1.54) is 15.8 Å². The van der Waals surface area contributed by atoms with Crippen molar-refractivity contribution in [1.82, 2.24) is 20.1 Å². The van der Waals surface area contributed by atoms with Gasteiger partial charge in [-0.2, -0.15) is 5.10 Å². The van der Waals surface area contributed by atoms with Gasteiger partial charge in [-0.25, -0.2) is 9.37 Å². The van der Waals surface area contributed by atoms with Crippen LogP contribution in [0.5, 0.6) is 0 Å². The minimum absolute atomic E-state index is 0.191. The standard InChI is InChI=1S/C22H22FN5O2/c1-14-11-16-9-6-10-24-20(16)27(2)22(30)18(14)25-21(29)19-17(23)13-28(26-19)12-15-7-4-3-5-8-15/h3-10,13-14,18H,11-12H2,1-2H3,(H,25,29)/t14-,18-/m1/s1. The van der Waals surface area contributed by atoms with Crippen LogP contribution < -0.4 is 10.2 Å². The lowest BCUT2D eigenvalue weighted by Crippen LogP contribution is -2.50. The summed E-state index contributed by atoms with van der Waals surface area (Å²) in [5.74, 6) is -1.35. The van der Waals surface area contributed by atoms with Crippen molar-refractivity contribution in [3.63, 3.8) is 0 Å². The van der Waals surface area contributed by atoms with E-state index in [1.54, 1.807) is 13.2 Å². The maximum Gasteiger partial charge on any atom is 0.275 e. The maximum absolute atomic E-state index is 14.4. The first-order valence-corrected chi connectivity index (χ1v) is 9.73. The highest BCUT2D eigenvalue weighted by Crippen LogP contribution is 2.27. The summed E-state index contributed by atoms with van der Waals surface area (Å²) in [5.41, 5.74) is 1.54. The second kappa shape index (κ2) is 8.06. The van der Waals surface area contributed by atoms with E-state index < -0.39 is 17.8 Å². The SMILES string of the molecule is C[C@@H]1Cc2cccnc2N(C)C(=O)[C@@H]1NC(=O)c1nn(Cc2ccccc2)cc1F. The zero-order chi connectivity index (χ0) is 21.3. The molecule has 30 heavy (non-hydrogen) atoms. The van der Waals surface area contributed by atoms with E-state index in [1.807, 2.05) is 49.4 Å². The number of carbonyl (C=O) groups excluding carboxylic acids is 2. The summed E-state index contributed by atoms with van der Waals surface area (Å²) in [5, 5.41) is 6.78. The molecule has 0 aliphatic carbocycles. The highest BCUT2D eigenvalue weighted by atomic mass is 19.1. The molecule has 2 atom stereocenters. The molecule has 1 N–H and O–H groups in total. The van der Waals surface area contributed by atoms with Crippen LogP contribution in [0, 0.1) is 11.7 Å². The van der Waals surface area contributed by atoms with E-state index in [-0.39, 0.29) is 17.5 Å². The predicted molar refractivity (Wildman–Crippen MR) is 109 cm³/mol. The van der Waals surface area contributed by atoms with Gasteiger partial charge < -0.3 is 5.32 Å². The molecule has 0 fully saturated rings. The molecule has 2 amide bonds. The van der Waals surface area contributed by atoms with Gasteiger partial charge in [-0.15, -0.1) is 0 Å². The fraction of sp³-hybridized carbons (Fsp3) is 0.273. The van der Waals surface area contributed by atoms with Gasteiger partial charge in [0.15, 0.2) is 11.5 Å². The number of pyridine rings is 1. The number of halogens is 1. The van der Waals surface area contributed by atoms with Crippen molar-refractivity contribution in [1.29, 1.82) is 0 Å². The van der Waals surface area contributed by atoms with Crippen LogP contribution in [0.3, 0.4) is 0 Å². The average Bonchev–Trinajstić information content (AvgIpc) is 3.08. The quantitative estimate of drug-likeness (QED) is 0.720. The van der Waals surface area contributed by atoms with Crippen molar-refractivity contribution in [2.45, 2.75) is 25.9 Å². The number of rotatable bonds is 4. The van der Waals surface area contributed by atoms with Crippen molar-refractivity contribution in [3.8, 4) is 0 Å². The smallest absolute Gasteiger partial charge is 0.275 e. The minimum Gasteiger partial charge on any atom is -0.338 e. The highest BCUT2D eigenvalue weighted by Gasteiger charge is 2.35. The Labute approximate surface area is 173 Å². The van der Waals surface area contributed by atoms with E-state index in [0.717, 1.165) is 11.1 Å². The molecule has 0 saturated carbocycles. The second-order valence-corrected chi connectivity index (χ2v) is 7.52. The number of fused-ring (bicyclic) bond motifs is 1. The molecule has 154 valence electrons. The van der Waals surface area contributed by atoms with Crippen molar-refractivity contribution in [3.05, 3.63) is 77.5 Å². The van der Waals surface area contributed by atoms with Crippen molar-refractivity contribution in [2.75, 3.05) is 11.9 Å². The van der Waals surface area contributed by atoms with E-state index in [0.29, 0.717) is 18.8 Å². The van der Waals surface area contributed by atoms with Gasteiger partial charge in [0.1, 0.15) is 11.9 Å². The van der Waals surface area contributed by atoms with Crippen LogP contribution in [-0.2, 0) is 17.8 Å².